The largest absolute Gasteiger partial charge is 0.444 e. The van der Waals surface area contributed by atoms with Crippen LogP contribution in [0.5, 0.6) is 0 Å². The van der Waals surface area contributed by atoms with E-state index < -0.39 is 12.3 Å². The van der Waals surface area contributed by atoms with Crippen molar-refractivity contribution in [1.82, 2.24) is 4.90 Å². The molecule has 1 amide bonds. The van der Waals surface area contributed by atoms with Gasteiger partial charge < -0.3 is 9.64 Å². The van der Waals surface area contributed by atoms with E-state index in [-0.39, 0.29) is 6.09 Å². The van der Waals surface area contributed by atoms with E-state index in [0.29, 0.717) is 19.5 Å². The predicted molar refractivity (Wildman–Crippen MR) is 58.7 cm³/mol. The molecule has 0 aromatic rings. The van der Waals surface area contributed by atoms with Crippen LogP contribution in [0.2, 0.25) is 0 Å². The van der Waals surface area contributed by atoms with E-state index >= 15 is 0 Å². The van der Waals surface area contributed by atoms with E-state index in [1.807, 2.05) is 27.7 Å². The second-order valence-electron chi connectivity index (χ2n) is 4.51. The zero-order valence-electron chi connectivity index (χ0n) is 10.2. The molecule has 0 aliphatic rings. The summed E-state index contributed by atoms with van der Waals surface area (Å²) in [5, 5.41) is 0. The number of halogens is 1. The van der Waals surface area contributed by atoms with Crippen molar-refractivity contribution in [3.8, 4) is 0 Å². The molecule has 0 aromatic heterocycles. The average Bonchev–Trinajstić information content (AvgIpc) is 2.09. The molecule has 90 valence electrons. The van der Waals surface area contributed by atoms with Crippen LogP contribution in [-0.4, -0.2) is 36.4 Å². The highest BCUT2D eigenvalue weighted by Gasteiger charge is 2.20. The molecule has 3 nitrogen and oxygen atoms in total. The van der Waals surface area contributed by atoms with E-state index in [2.05, 4.69) is 0 Å². The first-order valence-corrected chi connectivity index (χ1v) is 5.44. The number of carbonyl (C=O) groups excluding carboxylic acids is 1. The van der Waals surface area contributed by atoms with Crippen LogP contribution in [0, 0.1) is 0 Å². The Kier molecular flexibility index (Phi) is 6.29. The second-order valence-corrected chi connectivity index (χ2v) is 4.51. The maximum Gasteiger partial charge on any atom is 0.410 e. The van der Waals surface area contributed by atoms with Crippen LogP contribution in [0.15, 0.2) is 0 Å². The van der Waals surface area contributed by atoms with Gasteiger partial charge in [0.25, 0.3) is 0 Å². The first-order valence-electron chi connectivity index (χ1n) is 5.44. The van der Waals surface area contributed by atoms with Gasteiger partial charge in [0.1, 0.15) is 5.60 Å². The Bertz CT molecular complexity index is 190. The third-order valence-corrected chi connectivity index (χ3v) is 1.71. The van der Waals surface area contributed by atoms with Gasteiger partial charge in [0.2, 0.25) is 0 Å². The number of amides is 1. The van der Waals surface area contributed by atoms with Gasteiger partial charge in [0.05, 0.1) is 6.67 Å². The van der Waals surface area contributed by atoms with E-state index in [9.17, 15) is 9.18 Å². The van der Waals surface area contributed by atoms with Gasteiger partial charge in [0.15, 0.2) is 0 Å². The molecule has 0 rings (SSSR count). The Morgan fingerprint density at radius 2 is 1.93 bits per heavy atom. The predicted octanol–water partition coefficient (Wildman–Crippen LogP) is 2.99. The quantitative estimate of drug-likeness (QED) is 0.711. The van der Waals surface area contributed by atoms with Crippen molar-refractivity contribution < 1.29 is 13.9 Å². The molecule has 0 aromatic carbocycles. The van der Waals surface area contributed by atoms with Crippen LogP contribution in [0.3, 0.4) is 0 Å². The lowest BCUT2D eigenvalue weighted by Crippen LogP contribution is -2.38. The van der Waals surface area contributed by atoms with Crippen molar-refractivity contribution >= 4 is 6.09 Å². The minimum Gasteiger partial charge on any atom is -0.444 e. The average molecular weight is 219 g/mol. The SMILES string of the molecule is CCCN(CCCF)C(=O)OC(C)(C)C. The van der Waals surface area contributed by atoms with Gasteiger partial charge in [-0.1, -0.05) is 6.92 Å². The molecular weight excluding hydrogens is 197 g/mol. The molecule has 0 radical (unpaired) electrons. The summed E-state index contributed by atoms with van der Waals surface area (Å²) in [6.07, 6.45) is 0.878. The Balaban J connectivity index is 4.15. The van der Waals surface area contributed by atoms with Crippen molar-refractivity contribution in [1.29, 1.82) is 0 Å². The highest BCUT2D eigenvalue weighted by Crippen LogP contribution is 2.10. The minimum atomic E-state index is -0.487. The van der Waals surface area contributed by atoms with Gasteiger partial charge in [-0.25, -0.2) is 4.79 Å². The summed E-state index contributed by atoms with van der Waals surface area (Å²) in [6, 6.07) is 0. The molecule has 0 atom stereocenters. The van der Waals surface area contributed by atoms with Crippen molar-refractivity contribution in [3.63, 3.8) is 0 Å². The first kappa shape index (κ1) is 14.2. The zero-order valence-corrected chi connectivity index (χ0v) is 10.2. The van der Waals surface area contributed by atoms with E-state index in [1.54, 1.807) is 4.90 Å². The molecule has 0 saturated heterocycles. The fourth-order valence-electron chi connectivity index (χ4n) is 1.14. The standard InChI is InChI=1S/C11H22FNO2/c1-5-8-13(9-6-7-12)10(14)15-11(2,3)4/h5-9H2,1-4H3. The van der Waals surface area contributed by atoms with E-state index in [0.717, 1.165) is 6.42 Å². The lowest BCUT2D eigenvalue weighted by atomic mass is 10.2. The van der Waals surface area contributed by atoms with Crippen molar-refractivity contribution in [3.05, 3.63) is 0 Å². The molecule has 0 spiro atoms. The minimum absolute atomic E-state index is 0.349. The third kappa shape index (κ3) is 7.17. The fourth-order valence-corrected chi connectivity index (χ4v) is 1.14. The van der Waals surface area contributed by atoms with Crippen LogP contribution < -0.4 is 0 Å². The first-order chi connectivity index (χ1) is 6.90. The lowest BCUT2D eigenvalue weighted by molar-refractivity contribution is 0.0245. The van der Waals surface area contributed by atoms with Crippen LogP contribution in [0.1, 0.15) is 40.5 Å². The van der Waals surface area contributed by atoms with Crippen LogP contribution >= 0.6 is 0 Å². The number of hydrogen-bond acceptors (Lipinski definition) is 2. The Morgan fingerprint density at radius 3 is 2.33 bits per heavy atom. The molecule has 0 fully saturated rings. The molecule has 4 heteroatoms. The highest BCUT2D eigenvalue weighted by atomic mass is 19.1. The van der Waals surface area contributed by atoms with Crippen LogP contribution in [0.4, 0.5) is 9.18 Å². The lowest BCUT2D eigenvalue weighted by Gasteiger charge is -2.26. The molecular formula is C11H22FNO2. The van der Waals surface area contributed by atoms with Crippen LogP contribution in [0.25, 0.3) is 0 Å². The van der Waals surface area contributed by atoms with E-state index in [1.165, 1.54) is 0 Å². The van der Waals surface area contributed by atoms with Gasteiger partial charge in [-0.15, -0.1) is 0 Å². The number of nitrogens with zero attached hydrogens (tertiary/aromatic N) is 1. The molecule has 0 saturated carbocycles. The second kappa shape index (κ2) is 6.64. The van der Waals surface area contributed by atoms with Crippen LogP contribution in [-0.2, 0) is 4.74 Å². The van der Waals surface area contributed by atoms with Gasteiger partial charge >= 0.3 is 6.09 Å². The number of rotatable bonds is 5. The Hall–Kier alpha value is -0.800. The molecule has 0 unspecified atom stereocenters. The normalized spacial score (nSPS) is 11.3. The number of alkyl halides is 1. The van der Waals surface area contributed by atoms with Gasteiger partial charge in [0, 0.05) is 13.1 Å². The Labute approximate surface area is 91.6 Å². The smallest absolute Gasteiger partial charge is 0.410 e. The summed E-state index contributed by atoms with van der Waals surface area (Å²) in [6.45, 7) is 8.10. The van der Waals surface area contributed by atoms with Crippen molar-refractivity contribution in [2.75, 3.05) is 19.8 Å². The highest BCUT2D eigenvalue weighted by molar-refractivity contribution is 5.68. The maximum absolute atomic E-state index is 12.0. The summed E-state index contributed by atoms with van der Waals surface area (Å²) in [7, 11) is 0. The topological polar surface area (TPSA) is 29.5 Å². The summed E-state index contributed by atoms with van der Waals surface area (Å²) in [5.41, 5.74) is -0.487. The fraction of sp³-hybridized carbons (Fsp3) is 0.909. The third-order valence-electron chi connectivity index (χ3n) is 1.71. The molecule has 0 aliphatic heterocycles. The van der Waals surface area contributed by atoms with Gasteiger partial charge in [-0.3, -0.25) is 4.39 Å². The number of carbonyl (C=O) groups is 1. The Morgan fingerprint density at radius 1 is 1.33 bits per heavy atom. The van der Waals surface area contributed by atoms with Crippen molar-refractivity contribution in [2.45, 2.75) is 46.1 Å². The molecule has 0 N–H and O–H groups in total. The maximum atomic E-state index is 12.0. The summed E-state index contributed by atoms with van der Waals surface area (Å²) >= 11 is 0. The van der Waals surface area contributed by atoms with Gasteiger partial charge in [-0.2, -0.15) is 0 Å². The summed E-state index contributed by atoms with van der Waals surface area (Å²) in [5.74, 6) is 0. The van der Waals surface area contributed by atoms with E-state index in [4.69, 9.17) is 4.74 Å². The van der Waals surface area contributed by atoms with Crippen molar-refractivity contribution in [2.24, 2.45) is 0 Å². The molecule has 0 aliphatic carbocycles. The number of ether oxygens (including phenoxy) is 1. The monoisotopic (exact) mass is 219 g/mol. The van der Waals surface area contributed by atoms with Gasteiger partial charge in [-0.05, 0) is 33.6 Å². The molecule has 0 heterocycles. The summed E-state index contributed by atoms with van der Waals surface area (Å²) in [4.78, 5) is 13.2. The molecule has 0 bridgehead atoms. The summed E-state index contributed by atoms with van der Waals surface area (Å²) < 4.78 is 17.2. The molecule has 15 heavy (non-hydrogen) atoms. The number of hydrogen-bond donors (Lipinski definition) is 0. The zero-order chi connectivity index (χ0) is 11.9.